The molecule has 0 aromatic heterocycles. The molecule has 0 atom stereocenters. The van der Waals surface area contributed by atoms with E-state index in [1.165, 1.54) is 19.2 Å². The van der Waals surface area contributed by atoms with E-state index < -0.39 is 24.7 Å². The molecule has 2 N–H and O–H groups in total. The van der Waals surface area contributed by atoms with Crippen LogP contribution in [0, 0.1) is 5.41 Å². The summed E-state index contributed by atoms with van der Waals surface area (Å²) in [6.45, 7) is 1.37. The molecule has 13 heteroatoms. The summed E-state index contributed by atoms with van der Waals surface area (Å²) in [4.78, 5) is 50.0. The van der Waals surface area contributed by atoms with Crippen LogP contribution in [0.3, 0.4) is 0 Å². The molecule has 224 valence electrons. The molecule has 42 heavy (non-hydrogen) atoms. The number of carbonyl (C=O) groups excluding carboxylic acids is 4. The molecule has 0 bridgehead atoms. The Kier molecular flexibility index (Phi) is 9.17. The van der Waals surface area contributed by atoms with E-state index in [1.54, 1.807) is 30.0 Å². The second kappa shape index (κ2) is 12.6. The van der Waals surface area contributed by atoms with Gasteiger partial charge in [-0.25, -0.2) is 9.59 Å². The van der Waals surface area contributed by atoms with Crippen LogP contribution in [-0.2, 0) is 20.9 Å². The maximum Gasteiger partial charge on any atom is 0.491 e. The van der Waals surface area contributed by atoms with Crippen molar-refractivity contribution in [1.29, 1.82) is 5.41 Å². The van der Waals surface area contributed by atoms with Crippen LogP contribution in [0.4, 0.5) is 13.2 Å². The largest absolute Gasteiger partial charge is 0.493 e. The molecule has 1 saturated carbocycles. The quantitative estimate of drug-likeness (QED) is 0.240. The van der Waals surface area contributed by atoms with Crippen molar-refractivity contribution < 1.29 is 46.6 Å². The summed E-state index contributed by atoms with van der Waals surface area (Å²) in [6, 6.07) is 7.88. The van der Waals surface area contributed by atoms with Crippen molar-refractivity contribution in [3.63, 3.8) is 0 Å². The number of carbonyl (C=O) groups is 4. The highest BCUT2D eigenvalue weighted by Crippen LogP contribution is 2.39. The number of benzene rings is 2. The SMILES string of the molecule is CCOc1cc2c(cc1C(=O)NC)C(=N)N(CC(=O)c1ccc(OCC(=O)OC(=O)C(F)(F)F)c(C3CCCC3)c1)C2. The molecule has 1 heterocycles. The molecular weight excluding hydrogens is 559 g/mol. The zero-order chi connectivity index (χ0) is 30.6. The van der Waals surface area contributed by atoms with Crippen molar-refractivity contribution in [2.75, 3.05) is 26.8 Å². The molecule has 0 radical (unpaired) electrons. The van der Waals surface area contributed by atoms with E-state index in [-0.39, 0.29) is 42.3 Å². The van der Waals surface area contributed by atoms with E-state index in [2.05, 4.69) is 10.1 Å². The standard InChI is InChI=1S/C29H30F3N3O7/c1-3-40-24-11-18-13-35(26(33)20(18)12-21(24)27(38)34-2)14-22(36)17-8-9-23(19(10-17)16-6-4-5-7-16)41-15-25(37)42-28(39)29(30,31)32/h8-12,16,33H,3-7,13-15H2,1-2H3,(H,34,38). The minimum absolute atomic E-state index is 0.00929. The molecule has 4 rings (SSSR count). The minimum Gasteiger partial charge on any atom is -0.493 e. The number of halogens is 3. The van der Waals surface area contributed by atoms with Gasteiger partial charge in [-0.05, 0) is 67.1 Å². The van der Waals surface area contributed by atoms with Gasteiger partial charge >= 0.3 is 18.1 Å². The van der Waals surface area contributed by atoms with Crippen molar-refractivity contribution in [1.82, 2.24) is 10.2 Å². The number of esters is 2. The maximum atomic E-state index is 13.4. The number of alkyl halides is 3. The maximum absolute atomic E-state index is 13.4. The van der Waals surface area contributed by atoms with E-state index in [9.17, 15) is 32.3 Å². The van der Waals surface area contributed by atoms with Gasteiger partial charge in [0.05, 0.1) is 18.7 Å². The Balaban J connectivity index is 1.50. The van der Waals surface area contributed by atoms with Crippen molar-refractivity contribution in [3.8, 4) is 11.5 Å². The number of ether oxygens (including phenoxy) is 3. The van der Waals surface area contributed by atoms with E-state index in [0.717, 1.165) is 31.2 Å². The third kappa shape index (κ3) is 6.72. The number of ketones is 1. The fourth-order valence-electron chi connectivity index (χ4n) is 5.15. The summed E-state index contributed by atoms with van der Waals surface area (Å²) < 4.78 is 52.0. The molecule has 1 amide bonds. The van der Waals surface area contributed by atoms with Gasteiger partial charge in [-0.1, -0.05) is 12.8 Å². The molecule has 0 unspecified atom stereocenters. The summed E-state index contributed by atoms with van der Waals surface area (Å²) in [5.74, 6) is -4.06. The zero-order valence-corrected chi connectivity index (χ0v) is 23.1. The number of rotatable bonds is 10. The van der Waals surface area contributed by atoms with Crippen LogP contribution in [0.2, 0.25) is 0 Å². The summed E-state index contributed by atoms with van der Waals surface area (Å²) in [6.07, 6.45) is -1.83. The van der Waals surface area contributed by atoms with Crippen molar-refractivity contribution in [3.05, 3.63) is 58.1 Å². The Bertz CT molecular complexity index is 1420. The number of amidine groups is 1. The lowest BCUT2D eigenvalue weighted by Crippen LogP contribution is -2.30. The lowest BCUT2D eigenvalue weighted by molar-refractivity contribution is -0.202. The Morgan fingerprint density at radius 1 is 1.05 bits per heavy atom. The van der Waals surface area contributed by atoms with Crippen molar-refractivity contribution >= 4 is 29.5 Å². The van der Waals surface area contributed by atoms with Gasteiger partial charge in [-0.15, -0.1) is 0 Å². The Hall–Kier alpha value is -4.42. The fraction of sp³-hybridized carbons (Fsp3) is 0.414. The van der Waals surface area contributed by atoms with Gasteiger partial charge < -0.3 is 24.4 Å². The first-order valence-corrected chi connectivity index (χ1v) is 13.4. The molecule has 0 spiro atoms. The molecule has 2 aliphatic rings. The molecule has 10 nitrogen and oxygen atoms in total. The summed E-state index contributed by atoms with van der Waals surface area (Å²) in [7, 11) is 1.50. The molecule has 2 aromatic rings. The number of nitrogens with one attached hydrogen (secondary N) is 2. The van der Waals surface area contributed by atoms with Gasteiger partial charge in [0, 0.05) is 24.7 Å². The van der Waals surface area contributed by atoms with Crippen molar-refractivity contribution in [2.45, 2.75) is 51.2 Å². The minimum atomic E-state index is -5.31. The average Bonchev–Trinajstić information content (AvgIpc) is 3.59. The van der Waals surface area contributed by atoms with Gasteiger partial charge in [-0.3, -0.25) is 15.0 Å². The highest BCUT2D eigenvalue weighted by atomic mass is 19.4. The fourth-order valence-corrected chi connectivity index (χ4v) is 5.15. The monoisotopic (exact) mass is 589 g/mol. The van der Waals surface area contributed by atoms with Crippen LogP contribution in [0.15, 0.2) is 30.3 Å². The Labute approximate surface area is 239 Å². The number of amides is 1. The van der Waals surface area contributed by atoms with Gasteiger partial charge in [0.25, 0.3) is 5.91 Å². The number of fused-ring (bicyclic) bond motifs is 1. The zero-order valence-electron chi connectivity index (χ0n) is 23.1. The lowest BCUT2D eigenvalue weighted by atomic mass is 9.94. The van der Waals surface area contributed by atoms with E-state index >= 15 is 0 Å². The van der Waals surface area contributed by atoms with E-state index in [1.807, 2.05) is 0 Å². The van der Waals surface area contributed by atoms with Crippen LogP contribution in [0.5, 0.6) is 11.5 Å². The van der Waals surface area contributed by atoms with Crippen LogP contribution >= 0.6 is 0 Å². The molecule has 2 aromatic carbocycles. The summed E-state index contributed by atoms with van der Waals surface area (Å²) in [5.41, 5.74) is 2.53. The third-order valence-electron chi connectivity index (χ3n) is 7.15. The van der Waals surface area contributed by atoms with E-state index in [4.69, 9.17) is 14.9 Å². The predicted octanol–water partition coefficient (Wildman–Crippen LogP) is 4.14. The second-order valence-electron chi connectivity index (χ2n) is 9.93. The lowest BCUT2D eigenvalue weighted by Gasteiger charge is -2.19. The Morgan fingerprint density at radius 2 is 1.76 bits per heavy atom. The smallest absolute Gasteiger partial charge is 0.491 e. The van der Waals surface area contributed by atoms with Crippen LogP contribution in [0.25, 0.3) is 0 Å². The van der Waals surface area contributed by atoms with Gasteiger partial charge in [0.1, 0.15) is 17.3 Å². The van der Waals surface area contributed by atoms with Crippen LogP contribution in [0.1, 0.15) is 75.9 Å². The van der Waals surface area contributed by atoms with E-state index in [0.29, 0.717) is 34.6 Å². The number of hydrogen-bond acceptors (Lipinski definition) is 8. The molecular formula is C29H30F3N3O7. The third-order valence-corrected chi connectivity index (χ3v) is 7.15. The summed E-state index contributed by atoms with van der Waals surface area (Å²) in [5, 5.41) is 11.2. The first kappa shape index (κ1) is 30.5. The number of hydrogen-bond donors (Lipinski definition) is 2. The van der Waals surface area contributed by atoms with Crippen molar-refractivity contribution in [2.24, 2.45) is 0 Å². The van der Waals surface area contributed by atoms with Gasteiger partial charge in [0.15, 0.2) is 12.4 Å². The predicted molar refractivity (Wildman–Crippen MR) is 143 cm³/mol. The number of Topliss-reactive ketones (excluding diaryl/α,β-unsaturated/α-hetero) is 1. The normalized spacial score (nSPS) is 14.9. The van der Waals surface area contributed by atoms with Crippen LogP contribution in [-0.4, -0.2) is 67.3 Å². The highest BCUT2D eigenvalue weighted by Gasteiger charge is 2.42. The number of nitrogens with zero attached hydrogens (tertiary/aromatic N) is 1. The topological polar surface area (TPSA) is 135 Å². The Morgan fingerprint density at radius 3 is 2.40 bits per heavy atom. The average molecular weight is 590 g/mol. The van der Waals surface area contributed by atoms with Crippen LogP contribution < -0.4 is 14.8 Å². The molecule has 1 fully saturated rings. The molecule has 0 saturated heterocycles. The first-order valence-electron chi connectivity index (χ1n) is 13.4. The van der Waals surface area contributed by atoms with Gasteiger partial charge in [-0.2, -0.15) is 13.2 Å². The molecule has 1 aliphatic heterocycles. The summed E-state index contributed by atoms with van der Waals surface area (Å²) >= 11 is 0. The second-order valence-corrected chi connectivity index (χ2v) is 9.93. The highest BCUT2D eigenvalue weighted by molar-refractivity contribution is 6.07. The van der Waals surface area contributed by atoms with Gasteiger partial charge in [0.2, 0.25) is 0 Å². The molecule has 1 aliphatic carbocycles. The first-order chi connectivity index (χ1) is 19.9.